The molecular weight excluding hydrogens is 394 g/mol. The van der Waals surface area contributed by atoms with Crippen molar-refractivity contribution in [3.05, 3.63) is 108 Å². The lowest BCUT2D eigenvalue weighted by Gasteiger charge is -2.32. The van der Waals surface area contributed by atoms with Crippen LogP contribution in [0, 0.1) is 12.8 Å². The molecule has 162 valence electrons. The average Bonchev–Trinajstić information content (AvgIpc) is 3.17. The van der Waals surface area contributed by atoms with E-state index < -0.39 is 0 Å². The predicted octanol–water partition coefficient (Wildman–Crippen LogP) is 6.32. The number of hydrogen-bond donors (Lipinski definition) is 0. The van der Waals surface area contributed by atoms with Crippen molar-refractivity contribution in [1.29, 1.82) is 0 Å². The lowest BCUT2D eigenvalue weighted by Crippen LogP contribution is -2.34. The molecule has 4 nitrogen and oxygen atoms in total. The molecular formula is C28H29N3O. The largest absolute Gasteiger partial charge is 0.334 e. The molecule has 0 spiro atoms. The van der Waals surface area contributed by atoms with Crippen molar-refractivity contribution in [2.24, 2.45) is 5.92 Å². The number of carbonyl (C=O) groups excluding carboxylic acids is 1. The van der Waals surface area contributed by atoms with Crippen molar-refractivity contribution in [2.75, 3.05) is 7.05 Å². The highest BCUT2D eigenvalue weighted by Crippen LogP contribution is 2.33. The van der Waals surface area contributed by atoms with E-state index >= 15 is 0 Å². The second-order valence-electron chi connectivity index (χ2n) is 8.44. The van der Waals surface area contributed by atoms with Gasteiger partial charge < -0.3 is 4.90 Å². The third-order valence-corrected chi connectivity index (χ3v) is 5.89. The molecule has 1 heterocycles. The number of carbonyl (C=O) groups is 1. The summed E-state index contributed by atoms with van der Waals surface area (Å²) in [5.74, 6) is 0.238. The molecule has 0 saturated carbocycles. The van der Waals surface area contributed by atoms with E-state index in [1.807, 2.05) is 102 Å². The molecule has 3 aromatic carbocycles. The van der Waals surface area contributed by atoms with Gasteiger partial charge in [0.1, 0.15) is 5.69 Å². The Balaban J connectivity index is 1.84. The van der Waals surface area contributed by atoms with Gasteiger partial charge in [0.2, 0.25) is 0 Å². The molecule has 1 amide bonds. The molecule has 0 saturated heterocycles. The van der Waals surface area contributed by atoms with Crippen molar-refractivity contribution >= 4 is 5.91 Å². The Bertz CT molecular complexity index is 1180. The van der Waals surface area contributed by atoms with Gasteiger partial charge in [-0.2, -0.15) is 5.10 Å². The SMILES string of the molecule is Cc1c(C(=O)N(C)C(c2ccccc2)C(C)C)c(-c2ccccc2)nn1-c1ccccc1. The Morgan fingerprint density at radius 3 is 1.94 bits per heavy atom. The molecule has 1 atom stereocenters. The van der Waals surface area contributed by atoms with Crippen LogP contribution in [0.4, 0.5) is 0 Å². The molecule has 0 aliphatic carbocycles. The van der Waals surface area contributed by atoms with Gasteiger partial charge in [0.15, 0.2) is 0 Å². The molecule has 32 heavy (non-hydrogen) atoms. The van der Waals surface area contributed by atoms with Crippen LogP contribution in [0.25, 0.3) is 16.9 Å². The smallest absolute Gasteiger partial charge is 0.258 e. The third kappa shape index (κ3) is 4.09. The van der Waals surface area contributed by atoms with Gasteiger partial charge in [0, 0.05) is 12.6 Å². The Labute approximate surface area is 190 Å². The Morgan fingerprint density at radius 2 is 1.38 bits per heavy atom. The van der Waals surface area contributed by atoms with E-state index in [4.69, 9.17) is 5.10 Å². The van der Waals surface area contributed by atoms with E-state index in [0.717, 1.165) is 22.5 Å². The summed E-state index contributed by atoms with van der Waals surface area (Å²) in [6.07, 6.45) is 0. The van der Waals surface area contributed by atoms with E-state index in [-0.39, 0.29) is 17.9 Å². The summed E-state index contributed by atoms with van der Waals surface area (Å²) in [6.45, 7) is 6.28. The van der Waals surface area contributed by atoms with Crippen LogP contribution in [0.2, 0.25) is 0 Å². The summed E-state index contributed by atoms with van der Waals surface area (Å²) < 4.78 is 1.87. The number of rotatable bonds is 6. The molecule has 4 heteroatoms. The zero-order valence-corrected chi connectivity index (χ0v) is 19.1. The highest BCUT2D eigenvalue weighted by Gasteiger charge is 2.30. The van der Waals surface area contributed by atoms with Gasteiger partial charge in [-0.25, -0.2) is 4.68 Å². The Hall–Kier alpha value is -3.66. The van der Waals surface area contributed by atoms with E-state index in [1.165, 1.54) is 0 Å². The summed E-state index contributed by atoms with van der Waals surface area (Å²) in [5, 5.41) is 4.90. The molecule has 0 aliphatic rings. The maximum atomic E-state index is 14.0. The molecule has 0 radical (unpaired) electrons. The van der Waals surface area contributed by atoms with Gasteiger partial charge in [-0.05, 0) is 30.5 Å². The molecule has 0 N–H and O–H groups in total. The molecule has 1 aromatic heterocycles. The van der Waals surface area contributed by atoms with Crippen molar-refractivity contribution in [1.82, 2.24) is 14.7 Å². The van der Waals surface area contributed by atoms with Crippen LogP contribution in [0.15, 0.2) is 91.0 Å². The number of amides is 1. The molecule has 4 aromatic rings. The van der Waals surface area contributed by atoms with Crippen molar-refractivity contribution in [3.8, 4) is 16.9 Å². The van der Waals surface area contributed by atoms with Crippen LogP contribution in [-0.4, -0.2) is 27.6 Å². The first-order valence-electron chi connectivity index (χ1n) is 11.0. The highest BCUT2D eigenvalue weighted by atomic mass is 16.2. The van der Waals surface area contributed by atoms with E-state index in [9.17, 15) is 4.79 Å². The summed E-state index contributed by atoms with van der Waals surface area (Å²) >= 11 is 0. The normalized spacial score (nSPS) is 12.0. The molecule has 4 rings (SSSR count). The highest BCUT2D eigenvalue weighted by molar-refractivity contribution is 6.01. The van der Waals surface area contributed by atoms with E-state index in [0.29, 0.717) is 11.3 Å². The van der Waals surface area contributed by atoms with Crippen molar-refractivity contribution in [2.45, 2.75) is 26.8 Å². The van der Waals surface area contributed by atoms with Crippen LogP contribution in [0.1, 0.15) is 41.5 Å². The fraction of sp³-hybridized carbons (Fsp3) is 0.214. The number of nitrogens with zero attached hydrogens (tertiary/aromatic N) is 3. The second-order valence-corrected chi connectivity index (χ2v) is 8.44. The monoisotopic (exact) mass is 423 g/mol. The summed E-state index contributed by atoms with van der Waals surface area (Å²) in [7, 11) is 1.90. The Morgan fingerprint density at radius 1 is 0.844 bits per heavy atom. The zero-order chi connectivity index (χ0) is 22.7. The molecule has 1 unspecified atom stereocenters. The molecule has 0 fully saturated rings. The first kappa shape index (κ1) is 21.6. The van der Waals surface area contributed by atoms with Gasteiger partial charge in [-0.15, -0.1) is 0 Å². The lowest BCUT2D eigenvalue weighted by atomic mass is 9.93. The van der Waals surface area contributed by atoms with Crippen LogP contribution in [0.3, 0.4) is 0 Å². The summed E-state index contributed by atoms with van der Waals surface area (Å²) in [6, 6.07) is 30.1. The van der Waals surface area contributed by atoms with Gasteiger partial charge in [0.25, 0.3) is 5.91 Å². The van der Waals surface area contributed by atoms with Gasteiger partial charge in [-0.3, -0.25) is 4.79 Å². The predicted molar refractivity (Wildman–Crippen MR) is 130 cm³/mol. The maximum absolute atomic E-state index is 14.0. The summed E-state index contributed by atoms with van der Waals surface area (Å²) in [5.41, 5.74) is 5.19. The van der Waals surface area contributed by atoms with Gasteiger partial charge in [-0.1, -0.05) is 92.7 Å². The fourth-order valence-corrected chi connectivity index (χ4v) is 4.39. The fourth-order valence-electron chi connectivity index (χ4n) is 4.39. The van der Waals surface area contributed by atoms with Crippen LogP contribution in [-0.2, 0) is 0 Å². The number of para-hydroxylation sites is 1. The van der Waals surface area contributed by atoms with Crippen molar-refractivity contribution in [3.63, 3.8) is 0 Å². The topological polar surface area (TPSA) is 38.1 Å². The number of benzene rings is 3. The van der Waals surface area contributed by atoms with E-state index in [2.05, 4.69) is 26.0 Å². The van der Waals surface area contributed by atoms with Gasteiger partial charge >= 0.3 is 0 Å². The van der Waals surface area contributed by atoms with Crippen LogP contribution < -0.4 is 0 Å². The number of hydrogen-bond acceptors (Lipinski definition) is 2. The molecule has 0 aliphatic heterocycles. The first-order valence-corrected chi connectivity index (χ1v) is 11.0. The number of aromatic nitrogens is 2. The zero-order valence-electron chi connectivity index (χ0n) is 19.1. The van der Waals surface area contributed by atoms with Gasteiger partial charge in [0.05, 0.1) is 23.0 Å². The third-order valence-electron chi connectivity index (χ3n) is 5.89. The first-order chi connectivity index (χ1) is 15.5. The second kappa shape index (κ2) is 9.23. The average molecular weight is 424 g/mol. The lowest BCUT2D eigenvalue weighted by molar-refractivity contribution is 0.0687. The minimum Gasteiger partial charge on any atom is -0.334 e. The van der Waals surface area contributed by atoms with Crippen molar-refractivity contribution < 1.29 is 4.79 Å². The van der Waals surface area contributed by atoms with Crippen LogP contribution >= 0.6 is 0 Å². The Kier molecular flexibility index (Phi) is 6.22. The van der Waals surface area contributed by atoms with Crippen LogP contribution in [0.5, 0.6) is 0 Å². The standard InChI is InChI=1S/C28H29N3O/c1-20(2)27(23-16-10-6-11-17-23)30(4)28(32)25-21(3)31(24-18-12-7-13-19-24)29-26(25)22-14-8-5-9-15-22/h5-20,27H,1-4H3. The minimum atomic E-state index is -0.0354. The molecule has 0 bridgehead atoms. The minimum absolute atomic E-state index is 0.0221. The maximum Gasteiger partial charge on any atom is 0.258 e. The summed E-state index contributed by atoms with van der Waals surface area (Å²) in [4.78, 5) is 15.9. The van der Waals surface area contributed by atoms with E-state index in [1.54, 1.807) is 0 Å². The quantitative estimate of drug-likeness (QED) is 0.364.